The van der Waals surface area contributed by atoms with Crippen molar-refractivity contribution in [3.05, 3.63) is 0 Å². The maximum atomic E-state index is 12.6. The molecule has 4 heteroatoms. The molecule has 0 unspecified atom stereocenters. The molecule has 1 aliphatic rings. The summed E-state index contributed by atoms with van der Waals surface area (Å²) in [7, 11) is 0. The van der Waals surface area contributed by atoms with Crippen LogP contribution in [0.1, 0.15) is 59.8 Å². The molecule has 0 aromatic rings. The molecule has 1 amide bonds. The van der Waals surface area contributed by atoms with Crippen molar-refractivity contribution < 1.29 is 4.79 Å². The van der Waals surface area contributed by atoms with Crippen molar-refractivity contribution in [3.63, 3.8) is 0 Å². The van der Waals surface area contributed by atoms with E-state index in [1.165, 1.54) is 0 Å². The molecule has 0 bridgehead atoms. The van der Waals surface area contributed by atoms with E-state index in [9.17, 15) is 4.79 Å². The van der Waals surface area contributed by atoms with Gasteiger partial charge in [-0.2, -0.15) is 0 Å². The third kappa shape index (κ3) is 5.04. The number of amides is 1. The van der Waals surface area contributed by atoms with E-state index >= 15 is 0 Å². The molecule has 3 nitrogen and oxygen atoms in total. The number of carbonyl (C=O) groups excluding carboxylic acids is 1. The van der Waals surface area contributed by atoms with Gasteiger partial charge in [0.2, 0.25) is 5.91 Å². The maximum Gasteiger partial charge on any atom is 0.226 e. The Bertz CT molecular complexity index is 341. The normalized spacial score (nSPS) is 23.4. The van der Waals surface area contributed by atoms with Crippen molar-refractivity contribution in [2.24, 2.45) is 23.0 Å². The first-order valence-corrected chi connectivity index (χ1v) is 8.23. The van der Waals surface area contributed by atoms with E-state index < -0.39 is 0 Å². The first-order chi connectivity index (χ1) is 9.25. The highest BCUT2D eigenvalue weighted by Gasteiger charge is 2.33. The van der Waals surface area contributed by atoms with Crippen LogP contribution in [0.4, 0.5) is 0 Å². The SMILES string of the molecule is CCCN(CC(N)=S)C(=O)C1CCC(C(C)(C)C)CC1. The van der Waals surface area contributed by atoms with Crippen LogP contribution >= 0.6 is 12.2 Å². The summed E-state index contributed by atoms with van der Waals surface area (Å²) < 4.78 is 0. The Labute approximate surface area is 129 Å². The van der Waals surface area contributed by atoms with Gasteiger partial charge in [-0.25, -0.2) is 0 Å². The van der Waals surface area contributed by atoms with E-state index in [2.05, 4.69) is 27.7 Å². The van der Waals surface area contributed by atoms with Gasteiger partial charge in [-0.05, 0) is 43.4 Å². The molecule has 0 aliphatic heterocycles. The minimum atomic E-state index is 0.175. The molecule has 2 N–H and O–H groups in total. The number of rotatable bonds is 5. The van der Waals surface area contributed by atoms with Crippen molar-refractivity contribution in [2.45, 2.75) is 59.8 Å². The van der Waals surface area contributed by atoms with Gasteiger partial charge in [0.05, 0.1) is 11.5 Å². The predicted molar refractivity (Wildman–Crippen MR) is 88.6 cm³/mol. The van der Waals surface area contributed by atoms with Gasteiger partial charge in [-0.3, -0.25) is 4.79 Å². The molecule has 116 valence electrons. The molecular formula is C16H30N2OS. The van der Waals surface area contributed by atoms with Gasteiger partial charge in [0.25, 0.3) is 0 Å². The lowest BCUT2D eigenvalue weighted by Gasteiger charge is -2.37. The second kappa shape index (κ2) is 7.39. The highest BCUT2D eigenvalue weighted by atomic mass is 32.1. The van der Waals surface area contributed by atoms with Gasteiger partial charge in [-0.15, -0.1) is 0 Å². The number of carbonyl (C=O) groups is 1. The molecule has 0 heterocycles. The van der Waals surface area contributed by atoms with Gasteiger partial charge in [0.1, 0.15) is 0 Å². The summed E-state index contributed by atoms with van der Waals surface area (Å²) >= 11 is 4.96. The number of hydrogen-bond donors (Lipinski definition) is 1. The molecule has 0 aromatic carbocycles. The lowest BCUT2D eigenvalue weighted by Crippen LogP contribution is -2.43. The molecule has 1 aliphatic carbocycles. The van der Waals surface area contributed by atoms with Crippen LogP contribution in [0.5, 0.6) is 0 Å². The third-order valence-electron chi connectivity index (χ3n) is 4.45. The molecule has 0 atom stereocenters. The molecule has 0 saturated heterocycles. The molecular weight excluding hydrogens is 268 g/mol. The first kappa shape index (κ1) is 17.4. The van der Waals surface area contributed by atoms with Crippen molar-refractivity contribution in [1.29, 1.82) is 0 Å². The Balaban J connectivity index is 2.57. The smallest absolute Gasteiger partial charge is 0.226 e. The summed E-state index contributed by atoms with van der Waals surface area (Å²) in [5.41, 5.74) is 5.96. The third-order valence-corrected chi connectivity index (χ3v) is 4.58. The van der Waals surface area contributed by atoms with E-state index in [1.54, 1.807) is 0 Å². The number of nitrogens with zero attached hydrogens (tertiary/aromatic N) is 1. The van der Waals surface area contributed by atoms with E-state index in [-0.39, 0.29) is 11.8 Å². The highest BCUT2D eigenvalue weighted by molar-refractivity contribution is 7.80. The van der Waals surface area contributed by atoms with Crippen LogP contribution in [0.2, 0.25) is 0 Å². The summed E-state index contributed by atoms with van der Waals surface area (Å²) in [5, 5.41) is 0. The van der Waals surface area contributed by atoms with E-state index in [1.807, 2.05) is 4.90 Å². The Hall–Kier alpha value is -0.640. The zero-order valence-corrected chi connectivity index (χ0v) is 14.3. The maximum absolute atomic E-state index is 12.6. The van der Waals surface area contributed by atoms with Crippen molar-refractivity contribution in [3.8, 4) is 0 Å². The monoisotopic (exact) mass is 298 g/mol. The molecule has 20 heavy (non-hydrogen) atoms. The van der Waals surface area contributed by atoms with Gasteiger partial charge in [0, 0.05) is 12.5 Å². The van der Waals surface area contributed by atoms with E-state index in [0.29, 0.717) is 16.9 Å². The molecule has 0 spiro atoms. The Morgan fingerprint density at radius 1 is 1.25 bits per heavy atom. The lowest BCUT2D eigenvalue weighted by atomic mass is 9.69. The van der Waals surface area contributed by atoms with Crippen LogP contribution in [0, 0.1) is 17.3 Å². The molecule has 1 fully saturated rings. The van der Waals surface area contributed by atoms with Crippen molar-refractivity contribution in [2.75, 3.05) is 13.1 Å². The number of nitrogens with two attached hydrogens (primary N) is 1. The van der Waals surface area contributed by atoms with Crippen LogP contribution in [0.25, 0.3) is 0 Å². The summed E-state index contributed by atoms with van der Waals surface area (Å²) in [6, 6.07) is 0. The van der Waals surface area contributed by atoms with Crippen molar-refractivity contribution >= 4 is 23.1 Å². The fourth-order valence-electron chi connectivity index (χ4n) is 3.19. The topological polar surface area (TPSA) is 46.3 Å². The summed E-state index contributed by atoms with van der Waals surface area (Å²) in [5.74, 6) is 1.17. The molecule has 0 aromatic heterocycles. The second-order valence-electron chi connectivity index (χ2n) is 7.14. The second-order valence-corrected chi connectivity index (χ2v) is 7.67. The van der Waals surface area contributed by atoms with Crippen LogP contribution in [-0.4, -0.2) is 28.9 Å². The van der Waals surface area contributed by atoms with Gasteiger partial charge in [0.15, 0.2) is 0 Å². The highest BCUT2D eigenvalue weighted by Crippen LogP contribution is 2.40. The van der Waals surface area contributed by atoms with Crippen LogP contribution in [0.15, 0.2) is 0 Å². The quantitative estimate of drug-likeness (QED) is 0.792. The summed E-state index contributed by atoms with van der Waals surface area (Å²) in [4.78, 5) is 14.9. The minimum Gasteiger partial charge on any atom is -0.392 e. The zero-order chi connectivity index (χ0) is 15.3. The fraction of sp³-hybridized carbons (Fsp3) is 0.875. The molecule has 0 radical (unpaired) electrons. The fourth-order valence-corrected chi connectivity index (χ4v) is 3.35. The number of thiocarbonyl (C=S) groups is 1. The lowest BCUT2D eigenvalue weighted by molar-refractivity contribution is -0.136. The van der Waals surface area contributed by atoms with Crippen LogP contribution in [0.3, 0.4) is 0 Å². The van der Waals surface area contributed by atoms with Crippen LogP contribution in [-0.2, 0) is 4.79 Å². The molecule has 1 rings (SSSR count). The first-order valence-electron chi connectivity index (χ1n) is 7.82. The largest absolute Gasteiger partial charge is 0.392 e. The number of hydrogen-bond acceptors (Lipinski definition) is 2. The predicted octanol–water partition coefficient (Wildman–Crippen LogP) is 3.36. The van der Waals surface area contributed by atoms with E-state index in [4.69, 9.17) is 18.0 Å². The van der Waals surface area contributed by atoms with Crippen molar-refractivity contribution in [1.82, 2.24) is 4.90 Å². The standard InChI is InChI=1S/C16H30N2OS/c1-5-10-18(11-14(17)20)15(19)12-6-8-13(9-7-12)16(2,3)4/h12-13H,5-11H2,1-4H3,(H2,17,20). The van der Waals surface area contributed by atoms with Gasteiger partial charge in [-0.1, -0.05) is 39.9 Å². The van der Waals surface area contributed by atoms with E-state index in [0.717, 1.165) is 44.6 Å². The Kier molecular flexibility index (Phi) is 6.44. The van der Waals surface area contributed by atoms with Crippen LogP contribution < -0.4 is 5.73 Å². The van der Waals surface area contributed by atoms with Gasteiger partial charge < -0.3 is 10.6 Å². The molecule has 1 saturated carbocycles. The Morgan fingerprint density at radius 2 is 1.80 bits per heavy atom. The summed E-state index contributed by atoms with van der Waals surface area (Å²) in [6.45, 7) is 10.2. The zero-order valence-electron chi connectivity index (χ0n) is 13.4. The average molecular weight is 298 g/mol. The van der Waals surface area contributed by atoms with Gasteiger partial charge >= 0.3 is 0 Å². The average Bonchev–Trinajstić information content (AvgIpc) is 2.36. The Morgan fingerprint density at radius 3 is 2.20 bits per heavy atom. The minimum absolute atomic E-state index is 0.175. The summed E-state index contributed by atoms with van der Waals surface area (Å²) in [6.07, 6.45) is 5.29.